The highest BCUT2D eigenvalue weighted by Crippen LogP contribution is 2.34. The zero-order valence-corrected chi connectivity index (χ0v) is 15.7. The van der Waals surface area contributed by atoms with Crippen LogP contribution in [0.1, 0.15) is 96.8 Å². The van der Waals surface area contributed by atoms with Gasteiger partial charge in [-0.1, -0.05) is 51.9 Å². The van der Waals surface area contributed by atoms with Crippen LogP contribution in [0.25, 0.3) is 0 Å². The Morgan fingerprint density at radius 1 is 0.957 bits per heavy atom. The normalized spacial score (nSPS) is 31.3. The maximum Gasteiger partial charge on any atom is 0.0603 e. The highest BCUT2D eigenvalue weighted by Gasteiger charge is 2.26. The minimum Gasteiger partial charge on any atom is -0.381 e. The lowest BCUT2D eigenvalue weighted by atomic mass is 9.79. The van der Waals surface area contributed by atoms with Crippen LogP contribution in [0.2, 0.25) is 0 Å². The molecule has 0 radical (unpaired) electrons. The number of hydrogen-bond acceptors (Lipinski definition) is 2. The summed E-state index contributed by atoms with van der Waals surface area (Å²) in [6.07, 6.45) is 20.3. The fraction of sp³-hybridized carbons (Fsp3) is 1.00. The van der Waals surface area contributed by atoms with E-state index in [4.69, 9.17) is 9.47 Å². The first-order valence-corrected chi connectivity index (χ1v) is 10.5. The van der Waals surface area contributed by atoms with Gasteiger partial charge in [-0.15, -0.1) is 0 Å². The number of ether oxygens (including phenoxy) is 2. The summed E-state index contributed by atoms with van der Waals surface area (Å²) in [6.45, 7) is 3.25. The van der Waals surface area contributed by atoms with E-state index in [1.165, 1.54) is 83.5 Å². The third-order valence-electron chi connectivity index (χ3n) is 6.30. The lowest BCUT2D eigenvalue weighted by Gasteiger charge is -2.33. The van der Waals surface area contributed by atoms with E-state index >= 15 is 0 Å². The first-order valence-electron chi connectivity index (χ1n) is 10.5. The average molecular weight is 325 g/mol. The maximum absolute atomic E-state index is 6.08. The van der Waals surface area contributed by atoms with E-state index in [1.54, 1.807) is 0 Å². The van der Waals surface area contributed by atoms with Gasteiger partial charge in [0, 0.05) is 13.7 Å². The van der Waals surface area contributed by atoms with Gasteiger partial charge >= 0.3 is 0 Å². The molecule has 136 valence electrons. The highest BCUT2D eigenvalue weighted by molar-refractivity contribution is 4.77. The molecule has 0 aromatic heterocycles. The van der Waals surface area contributed by atoms with Gasteiger partial charge in [-0.25, -0.2) is 0 Å². The standard InChI is InChI=1S/C21H40O2/c1-3-20(22-2)13-7-5-11-18-10-4-6-12-19(16-15-18)21-14-8-9-17-23-21/h18-21H,3-17H2,1-2H3. The summed E-state index contributed by atoms with van der Waals surface area (Å²) < 4.78 is 11.6. The molecule has 2 fully saturated rings. The smallest absolute Gasteiger partial charge is 0.0603 e. The molecule has 2 aliphatic rings. The Balaban J connectivity index is 1.65. The van der Waals surface area contributed by atoms with E-state index < -0.39 is 0 Å². The van der Waals surface area contributed by atoms with Crippen molar-refractivity contribution in [2.45, 2.75) is 109 Å². The quantitative estimate of drug-likeness (QED) is 0.500. The Kier molecular flexibility index (Phi) is 9.60. The molecule has 2 heteroatoms. The van der Waals surface area contributed by atoms with Crippen molar-refractivity contribution >= 4 is 0 Å². The molecule has 1 saturated carbocycles. The second kappa shape index (κ2) is 11.5. The average Bonchev–Trinajstić information content (AvgIpc) is 2.57. The van der Waals surface area contributed by atoms with Crippen LogP contribution in [0.5, 0.6) is 0 Å². The zero-order valence-electron chi connectivity index (χ0n) is 15.7. The molecule has 4 atom stereocenters. The van der Waals surface area contributed by atoms with Crippen LogP contribution in [-0.4, -0.2) is 25.9 Å². The summed E-state index contributed by atoms with van der Waals surface area (Å²) in [6, 6.07) is 0. The van der Waals surface area contributed by atoms with Gasteiger partial charge in [0.2, 0.25) is 0 Å². The monoisotopic (exact) mass is 324 g/mol. The van der Waals surface area contributed by atoms with Gasteiger partial charge < -0.3 is 9.47 Å². The third kappa shape index (κ3) is 7.13. The highest BCUT2D eigenvalue weighted by atomic mass is 16.5. The van der Waals surface area contributed by atoms with Gasteiger partial charge in [0.05, 0.1) is 12.2 Å². The molecule has 1 aliphatic carbocycles. The van der Waals surface area contributed by atoms with E-state index in [1.807, 2.05) is 7.11 Å². The molecule has 4 unspecified atom stereocenters. The fourth-order valence-corrected chi connectivity index (χ4v) is 4.67. The Labute approximate surface area is 144 Å². The summed E-state index contributed by atoms with van der Waals surface area (Å²) in [5.74, 6) is 1.83. The number of unbranched alkanes of at least 4 members (excludes halogenated alkanes) is 1. The summed E-state index contributed by atoms with van der Waals surface area (Å²) >= 11 is 0. The van der Waals surface area contributed by atoms with Gasteiger partial charge in [0.15, 0.2) is 0 Å². The summed E-state index contributed by atoms with van der Waals surface area (Å²) in [5.41, 5.74) is 0. The Bertz CT molecular complexity index is 282. The lowest BCUT2D eigenvalue weighted by molar-refractivity contribution is -0.0291. The summed E-state index contributed by atoms with van der Waals surface area (Å²) in [5, 5.41) is 0. The summed E-state index contributed by atoms with van der Waals surface area (Å²) in [7, 11) is 1.86. The number of hydrogen-bond donors (Lipinski definition) is 0. The molecule has 0 aromatic rings. The van der Waals surface area contributed by atoms with Crippen molar-refractivity contribution in [1.82, 2.24) is 0 Å². The zero-order chi connectivity index (χ0) is 16.3. The van der Waals surface area contributed by atoms with Gasteiger partial charge in [0.1, 0.15) is 0 Å². The van der Waals surface area contributed by atoms with Crippen molar-refractivity contribution in [2.24, 2.45) is 11.8 Å². The van der Waals surface area contributed by atoms with E-state index in [0.717, 1.165) is 24.9 Å². The van der Waals surface area contributed by atoms with E-state index in [9.17, 15) is 0 Å². The van der Waals surface area contributed by atoms with Crippen molar-refractivity contribution in [2.75, 3.05) is 13.7 Å². The van der Waals surface area contributed by atoms with E-state index in [0.29, 0.717) is 12.2 Å². The van der Waals surface area contributed by atoms with Crippen LogP contribution in [0.15, 0.2) is 0 Å². The minimum absolute atomic E-state index is 0.486. The fourth-order valence-electron chi connectivity index (χ4n) is 4.67. The van der Waals surface area contributed by atoms with Crippen LogP contribution in [0.3, 0.4) is 0 Å². The first-order chi connectivity index (χ1) is 11.3. The number of rotatable bonds is 8. The van der Waals surface area contributed by atoms with Crippen molar-refractivity contribution in [3.63, 3.8) is 0 Å². The van der Waals surface area contributed by atoms with Crippen molar-refractivity contribution in [3.8, 4) is 0 Å². The molecule has 0 amide bonds. The van der Waals surface area contributed by atoms with Gasteiger partial charge in [-0.3, -0.25) is 0 Å². The molecule has 0 bridgehead atoms. The summed E-state index contributed by atoms with van der Waals surface area (Å²) in [4.78, 5) is 0. The molecule has 23 heavy (non-hydrogen) atoms. The topological polar surface area (TPSA) is 18.5 Å². The third-order valence-corrected chi connectivity index (χ3v) is 6.30. The molecule has 2 rings (SSSR count). The van der Waals surface area contributed by atoms with Gasteiger partial charge in [-0.05, 0) is 56.8 Å². The predicted molar refractivity (Wildman–Crippen MR) is 97.8 cm³/mol. The Morgan fingerprint density at radius 2 is 1.78 bits per heavy atom. The lowest BCUT2D eigenvalue weighted by Crippen LogP contribution is -2.29. The Hall–Kier alpha value is -0.0800. The van der Waals surface area contributed by atoms with Gasteiger partial charge in [-0.2, -0.15) is 0 Å². The molecular weight excluding hydrogens is 284 g/mol. The Morgan fingerprint density at radius 3 is 2.52 bits per heavy atom. The van der Waals surface area contributed by atoms with E-state index in [2.05, 4.69) is 6.92 Å². The van der Waals surface area contributed by atoms with Crippen LogP contribution in [-0.2, 0) is 9.47 Å². The van der Waals surface area contributed by atoms with Crippen LogP contribution < -0.4 is 0 Å². The molecule has 0 spiro atoms. The predicted octanol–water partition coefficient (Wildman–Crippen LogP) is 6.13. The number of methoxy groups -OCH3 is 1. The molecule has 2 nitrogen and oxygen atoms in total. The van der Waals surface area contributed by atoms with Crippen molar-refractivity contribution < 1.29 is 9.47 Å². The molecule has 0 N–H and O–H groups in total. The first kappa shape index (κ1) is 19.2. The molecular formula is C21H40O2. The molecule has 1 aliphatic heterocycles. The van der Waals surface area contributed by atoms with Crippen molar-refractivity contribution in [3.05, 3.63) is 0 Å². The maximum atomic E-state index is 6.08. The van der Waals surface area contributed by atoms with E-state index in [-0.39, 0.29) is 0 Å². The SMILES string of the molecule is CCC(CCCCC1CCCCC(C2CCCCO2)CC1)OC. The second-order valence-electron chi connectivity index (χ2n) is 7.94. The van der Waals surface area contributed by atoms with Crippen LogP contribution in [0.4, 0.5) is 0 Å². The van der Waals surface area contributed by atoms with Gasteiger partial charge in [0.25, 0.3) is 0 Å². The van der Waals surface area contributed by atoms with Crippen molar-refractivity contribution in [1.29, 1.82) is 0 Å². The largest absolute Gasteiger partial charge is 0.381 e. The second-order valence-corrected chi connectivity index (χ2v) is 7.94. The van der Waals surface area contributed by atoms with Crippen LogP contribution in [0, 0.1) is 11.8 Å². The molecule has 1 saturated heterocycles. The minimum atomic E-state index is 0.486. The molecule has 0 aromatic carbocycles. The molecule has 1 heterocycles. The van der Waals surface area contributed by atoms with Crippen LogP contribution >= 0.6 is 0 Å².